The third-order valence-corrected chi connectivity index (χ3v) is 1.97. The molecule has 0 aromatic heterocycles. The largest absolute Gasteiger partial charge is 0.468 e. The summed E-state index contributed by atoms with van der Waals surface area (Å²) in [6.07, 6.45) is 1.02. The van der Waals surface area contributed by atoms with E-state index in [1.807, 2.05) is 30.3 Å². The van der Waals surface area contributed by atoms with Crippen molar-refractivity contribution < 1.29 is 14.3 Å². The minimum Gasteiger partial charge on any atom is -0.468 e. The highest BCUT2D eigenvalue weighted by molar-refractivity contribution is 5.87. The molecule has 0 aliphatic rings. The summed E-state index contributed by atoms with van der Waals surface area (Å²) in [7, 11) is 1.28. The Hall–Kier alpha value is -1.64. The SMILES string of the molecule is COC(=O)[C@@H](C=O)Cc1ccccc1. The molecule has 0 fully saturated rings. The molecule has 0 bridgehead atoms. The fraction of sp³-hybridized carbons (Fsp3) is 0.273. The molecule has 3 nitrogen and oxygen atoms in total. The van der Waals surface area contributed by atoms with Crippen LogP contribution in [0.1, 0.15) is 5.56 Å². The van der Waals surface area contributed by atoms with Crippen LogP contribution in [0.5, 0.6) is 0 Å². The van der Waals surface area contributed by atoms with Crippen molar-refractivity contribution in [3.8, 4) is 0 Å². The van der Waals surface area contributed by atoms with Crippen LogP contribution in [0.3, 0.4) is 0 Å². The first-order valence-electron chi connectivity index (χ1n) is 4.35. The first kappa shape index (κ1) is 10.4. The molecule has 1 aromatic rings. The van der Waals surface area contributed by atoms with Crippen LogP contribution >= 0.6 is 0 Å². The molecule has 1 aromatic carbocycles. The molecule has 0 aliphatic heterocycles. The molecule has 0 aliphatic carbocycles. The second kappa shape index (κ2) is 5.17. The van der Waals surface area contributed by atoms with Crippen molar-refractivity contribution in [3.63, 3.8) is 0 Å². The molecule has 74 valence electrons. The molecule has 0 saturated heterocycles. The van der Waals surface area contributed by atoms with E-state index in [4.69, 9.17) is 0 Å². The minimum absolute atomic E-state index is 0.400. The highest BCUT2D eigenvalue weighted by Gasteiger charge is 2.18. The third-order valence-electron chi connectivity index (χ3n) is 1.97. The fourth-order valence-corrected chi connectivity index (χ4v) is 1.21. The molecule has 0 N–H and O–H groups in total. The number of benzene rings is 1. The summed E-state index contributed by atoms with van der Waals surface area (Å²) in [5.74, 6) is -1.17. The Balaban J connectivity index is 2.66. The van der Waals surface area contributed by atoms with Crippen LogP contribution < -0.4 is 0 Å². The van der Waals surface area contributed by atoms with E-state index < -0.39 is 11.9 Å². The summed E-state index contributed by atoms with van der Waals surface area (Å²) < 4.78 is 4.51. The fourth-order valence-electron chi connectivity index (χ4n) is 1.21. The summed E-state index contributed by atoms with van der Waals surface area (Å²) in [6.45, 7) is 0. The smallest absolute Gasteiger partial charge is 0.316 e. The van der Waals surface area contributed by atoms with Gasteiger partial charge in [0.2, 0.25) is 0 Å². The van der Waals surface area contributed by atoms with Crippen LogP contribution in [-0.2, 0) is 20.7 Å². The quantitative estimate of drug-likeness (QED) is 0.409. The Morgan fingerprint density at radius 1 is 1.43 bits per heavy atom. The van der Waals surface area contributed by atoms with Crippen LogP contribution in [0.15, 0.2) is 30.3 Å². The van der Waals surface area contributed by atoms with Crippen LogP contribution in [-0.4, -0.2) is 19.4 Å². The van der Waals surface area contributed by atoms with Crippen molar-refractivity contribution in [1.82, 2.24) is 0 Å². The van der Waals surface area contributed by atoms with Gasteiger partial charge >= 0.3 is 5.97 Å². The van der Waals surface area contributed by atoms with Crippen molar-refractivity contribution in [2.24, 2.45) is 5.92 Å². The lowest BCUT2D eigenvalue weighted by Gasteiger charge is -2.07. The van der Waals surface area contributed by atoms with Gasteiger partial charge < -0.3 is 9.53 Å². The molecule has 0 heterocycles. The van der Waals surface area contributed by atoms with Gasteiger partial charge in [-0.1, -0.05) is 30.3 Å². The summed E-state index contributed by atoms with van der Waals surface area (Å²) >= 11 is 0. The Labute approximate surface area is 82.7 Å². The Kier molecular flexibility index (Phi) is 3.85. The van der Waals surface area contributed by atoms with Gasteiger partial charge in [-0.25, -0.2) is 0 Å². The van der Waals surface area contributed by atoms with E-state index in [0.717, 1.165) is 5.56 Å². The number of ether oxygens (including phenoxy) is 1. The number of hydrogen-bond donors (Lipinski definition) is 0. The average molecular weight is 192 g/mol. The normalized spacial score (nSPS) is 11.8. The van der Waals surface area contributed by atoms with Gasteiger partial charge in [0.15, 0.2) is 0 Å². The molecule has 1 rings (SSSR count). The van der Waals surface area contributed by atoms with Crippen molar-refractivity contribution in [2.45, 2.75) is 6.42 Å². The molecule has 0 radical (unpaired) electrons. The predicted molar refractivity (Wildman–Crippen MR) is 51.7 cm³/mol. The zero-order valence-corrected chi connectivity index (χ0v) is 7.97. The molecule has 0 saturated carbocycles. The predicted octanol–water partition coefficient (Wildman–Crippen LogP) is 1.22. The van der Waals surface area contributed by atoms with Crippen LogP contribution in [0.4, 0.5) is 0 Å². The average Bonchev–Trinajstić information content (AvgIpc) is 2.26. The van der Waals surface area contributed by atoms with Gasteiger partial charge in [0.1, 0.15) is 12.2 Å². The number of methoxy groups -OCH3 is 1. The molecule has 0 spiro atoms. The molecular weight excluding hydrogens is 180 g/mol. The second-order valence-corrected chi connectivity index (χ2v) is 2.96. The Morgan fingerprint density at radius 3 is 2.57 bits per heavy atom. The van der Waals surface area contributed by atoms with E-state index in [1.54, 1.807) is 0 Å². The first-order valence-corrected chi connectivity index (χ1v) is 4.35. The Morgan fingerprint density at radius 2 is 2.07 bits per heavy atom. The maximum atomic E-state index is 11.1. The summed E-state index contributed by atoms with van der Waals surface area (Å²) in [5, 5.41) is 0. The van der Waals surface area contributed by atoms with E-state index in [1.165, 1.54) is 7.11 Å². The lowest BCUT2D eigenvalue weighted by molar-refractivity contribution is -0.146. The lowest BCUT2D eigenvalue weighted by Crippen LogP contribution is -2.19. The topological polar surface area (TPSA) is 43.4 Å². The number of carbonyl (C=O) groups is 2. The maximum absolute atomic E-state index is 11.1. The zero-order chi connectivity index (χ0) is 10.4. The summed E-state index contributed by atoms with van der Waals surface area (Å²) in [5.41, 5.74) is 0.954. The van der Waals surface area contributed by atoms with Crippen molar-refractivity contribution in [2.75, 3.05) is 7.11 Å². The highest BCUT2D eigenvalue weighted by Crippen LogP contribution is 2.07. The van der Waals surface area contributed by atoms with E-state index in [0.29, 0.717) is 12.7 Å². The number of aldehydes is 1. The van der Waals surface area contributed by atoms with Gasteiger partial charge in [-0.05, 0) is 12.0 Å². The van der Waals surface area contributed by atoms with Crippen molar-refractivity contribution in [3.05, 3.63) is 35.9 Å². The van der Waals surface area contributed by atoms with Crippen LogP contribution in [0.2, 0.25) is 0 Å². The third kappa shape index (κ3) is 2.69. The molecule has 14 heavy (non-hydrogen) atoms. The van der Waals surface area contributed by atoms with Gasteiger partial charge in [-0.3, -0.25) is 4.79 Å². The number of carbonyl (C=O) groups excluding carboxylic acids is 2. The Bertz CT molecular complexity index is 306. The molecular formula is C11H12O3. The monoisotopic (exact) mass is 192 g/mol. The summed E-state index contributed by atoms with van der Waals surface area (Å²) in [4.78, 5) is 21.7. The van der Waals surface area contributed by atoms with Crippen molar-refractivity contribution in [1.29, 1.82) is 0 Å². The van der Waals surface area contributed by atoms with Gasteiger partial charge in [0.25, 0.3) is 0 Å². The summed E-state index contributed by atoms with van der Waals surface area (Å²) in [6, 6.07) is 9.37. The van der Waals surface area contributed by atoms with E-state index in [2.05, 4.69) is 4.74 Å². The van der Waals surface area contributed by atoms with Crippen molar-refractivity contribution >= 4 is 12.3 Å². The van der Waals surface area contributed by atoms with E-state index in [9.17, 15) is 9.59 Å². The van der Waals surface area contributed by atoms with Gasteiger partial charge in [0, 0.05) is 0 Å². The molecule has 0 unspecified atom stereocenters. The highest BCUT2D eigenvalue weighted by atomic mass is 16.5. The van der Waals surface area contributed by atoms with E-state index in [-0.39, 0.29) is 0 Å². The second-order valence-electron chi connectivity index (χ2n) is 2.96. The number of esters is 1. The van der Waals surface area contributed by atoms with Gasteiger partial charge in [-0.2, -0.15) is 0 Å². The van der Waals surface area contributed by atoms with Gasteiger partial charge in [-0.15, -0.1) is 0 Å². The molecule has 3 heteroatoms. The van der Waals surface area contributed by atoms with Crippen LogP contribution in [0, 0.1) is 5.92 Å². The standard InChI is InChI=1S/C11H12O3/c1-14-11(13)10(8-12)7-9-5-3-2-4-6-9/h2-6,8,10H,7H2,1H3/t10-/m1/s1. The zero-order valence-electron chi connectivity index (χ0n) is 7.97. The minimum atomic E-state index is -0.692. The molecule has 1 atom stereocenters. The lowest BCUT2D eigenvalue weighted by atomic mass is 10.0. The number of hydrogen-bond acceptors (Lipinski definition) is 3. The maximum Gasteiger partial charge on any atom is 0.316 e. The number of rotatable bonds is 4. The van der Waals surface area contributed by atoms with Crippen LogP contribution in [0.25, 0.3) is 0 Å². The van der Waals surface area contributed by atoms with Gasteiger partial charge in [0.05, 0.1) is 7.11 Å². The molecule has 0 amide bonds. The first-order chi connectivity index (χ1) is 6.77. The van der Waals surface area contributed by atoms with E-state index >= 15 is 0 Å².